The Hall–Kier alpha value is -1.57. The minimum absolute atomic E-state index is 0.0191. The third-order valence-electron chi connectivity index (χ3n) is 2.52. The van der Waals surface area contributed by atoms with E-state index >= 15 is 0 Å². The summed E-state index contributed by atoms with van der Waals surface area (Å²) in [5.41, 5.74) is 0. The van der Waals surface area contributed by atoms with E-state index < -0.39 is 42.6 Å². The van der Waals surface area contributed by atoms with Gasteiger partial charge in [0.05, 0.1) is 6.04 Å². The van der Waals surface area contributed by atoms with E-state index in [2.05, 4.69) is 10.6 Å². The van der Waals surface area contributed by atoms with Gasteiger partial charge in [-0.2, -0.15) is 0 Å². The summed E-state index contributed by atoms with van der Waals surface area (Å²) in [6.45, 7) is 5.31. The lowest BCUT2D eigenvalue weighted by Gasteiger charge is -2.22. The molecule has 0 aliphatic rings. The third kappa shape index (κ3) is 6.55. The van der Waals surface area contributed by atoms with Crippen LogP contribution in [0.25, 0.3) is 0 Å². The first-order valence-electron chi connectivity index (χ1n) is 6.30. The fourth-order valence-corrected chi connectivity index (χ4v) is 1.61. The summed E-state index contributed by atoms with van der Waals surface area (Å²) in [4.78, 5) is 33.7. The molecule has 6 nitrogen and oxygen atoms in total. The van der Waals surface area contributed by atoms with E-state index in [0.29, 0.717) is 6.42 Å². The van der Waals surface area contributed by atoms with Crippen molar-refractivity contribution in [1.29, 1.82) is 0 Å². The van der Waals surface area contributed by atoms with E-state index in [9.17, 15) is 23.2 Å². The Labute approximate surface area is 115 Å². The van der Waals surface area contributed by atoms with Crippen LogP contribution >= 0.6 is 0 Å². The number of amides is 1. The number of nitrogens with one attached hydrogen (secondary N) is 2. The number of rotatable bonds is 9. The van der Waals surface area contributed by atoms with Gasteiger partial charge in [0.25, 0.3) is 5.78 Å². The molecule has 1 amide bonds. The van der Waals surface area contributed by atoms with Crippen molar-refractivity contribution in [1.82, 2.24) is 10.6 Å². The second-order valence-corrected chi connectivity index (χ2v) is 4.64. The van der Waals surface area contributed by atoms with Crippen LogP contribution in [-0.2, 0) is 14.4 Å². The molecule has 8 heteroatoms. The van der Waals surface area contributed by atoms with E-state index in [0.717, 1.165) is 0 Å². The molecule has 0 aromatic heterocycles. The van der Waals surface area contributed by atoms with Crippen LogP contribution in [-0.4, -0.2) is 47.3 Å². The summed E-state index contributed by atoms with van der Waals surface area (Å²) in [5.74, 6) is -3.96. The van der Waals surface area contributed by atoms with Crippen molar-refractivity contribution in [3.05, 3.63) is 0 Å². The second-order valence-electron chi connectivity index (χ2n) is 4.64. The number of aliphatic carboxylic acids is 1. The molecular weight excluding hydrogens is 274 g/mol. The van der Waals surface area contributed by atoms with Gasteiger partial charge in [0.15, 0.2) is 0 Å². The molecule has 0 spiro atoms. The highest BCUT2D eigenvalue weighted by atomic mass is 19.3. The third-order valence-corrected chi connectivity index (χ3v) is 2.52. The molecule has 0 rings (SSSR count). The minimum atomic E-state index is -2.89. The molecule has 0 aliphatic carbocycles. The van der Waals surface area contributed by atoms with Gasteiger partial charge in [-0.1, -0.05) is 20.8 Å². The number of halogens is 2. The Morgan fingerprint density at radius 3 is 2.05 bits per heavy atom. The van der Waals surface area contributed by atoms with Crippen molar-refractivity contribution in [2.45, 2.75) is 58.2 Å². The Morgan fingerprint density at radius 2 is 1.70 bits per heavy atom. The smallest absolute Gasteiger partial charge is 0.374 e. The van der Waals surface area contributed by atoms with E-state index in [1.807, 2.05) is 0 Å². The molecule has 0 aliphatic heterocycles. The molecule has 0 bridgehead atoms. The number of carbonyl (C=O) groups is 3. The molecular formula is C12H20F2N2O4. The monoisotopic (exact) mass is 294 g/mol. The summed E-state index contributed by atoms with van der Waals surface area (Å²) in [6, 6.07) is -2.41. The number of hydrogen-bond acceptors (Lipinski definition) is 4. The molecule has 0 radical (unpaired) electrons. The summed E-state index contributed by atoms with van der Waals surface area (Å²) >= 11 is 0. The molecule has 0 heterocycles. The van der Waals surface area contributed by atoms with Crippen LogP contribution in [0.3, 0.4) is 0 Å². The minimum Gasteiger partial charge on any atom is -0.475 e. The Kier molecular flexibility index (Phi) is 7.90. The van der Waals surface area contributed by atoms with E-state index in [1.165, 1.54) is 0 Å². The molecule has 0 aromatic carbocycles. The quantitative estimate of drug-likeness (QED) is 0.540. The topological polar surface area (TPSA) is 95.5 Å². The van der Waals surface area contributed by atoms with Crippen molar-refractivity contribution in [3.8, 4) is 0 Å². The van der Waals surface area contributed by atoms with Gasteiger partial charge in [-0.05, 0) is 6.42 Å². The second kappa shape index (κ2) is 8.57. The maximum Gasteiger partial charge on any atom is 0.374 e. The molecule has 0 saturated heterocycles. The average molecular weight is 294 g/mol. The lowest BCUT2D eigenvalue weighted by atomic mass is 10.1. The first-order valence-corrected chi connectivity index (χ1v) is 6.30. The van der Waals surface area contributed by atoms with Crippen LogP contribution < -0.4 is 10.6 Å². The average Bonchev–Trinajstić information content (AvgIpc) is 2.32. The van der Waals surface area contributed by atoms with Crippen LogP contribution in [0.15, 0.2) is 0 Å². The van der Waals surface area contributed by atoms with E-state index in [-0.39, 0.29) is 6.04 Å². The number of hydrogen-bond donors (Lipinski definition) is 3. The normalized spacial score (nSPS) is 14.2. The van der Waals surface area contributed by atoms with Gasteiger partial charge in [0.2, 0.25) is 12.3 Å². The Morgan fingerprint density at radius 1 is 1.15 bits per heavy atom. The summed E-state index contributed by atoms with van der Waals surface area (Å²) in [5, 5.41) is 13.5. The maximum absolute atomic E-state index is 12.3. The number of carboxylic acid groups (broad SMARTS) is 1. The molecule has 20 heavy (non-hydrogen) atoms. The number of ketones is 1. The van der Waals surface area contributed by atoms with Crippen LogP contribution in [0.2, 0.25) is 0 Å². The zero-order valence-corrected chi connectivity index (χ0v) is 11.7. The molecule has 3 N–H and O–H groups in total. The molecule has 0 fully saturated rings. The van der Waals surface area contributed by atoms with Crippen molar-refractivity contribution < 1.29 is 28.3 Å². The standard InChI is InChI=1S/C12H20F2N2O4/c1-4-7(15-6(2)3)11(18)16-8(5-9(13)14)10(17)12(19)20/h6-9,15H,4-5H2,1-3H3,(H,16,18)(H,19,20)/t7-,8?/m0/s1. The van der Waals surface area contributed by atoms with Crippen LogP contribution in [0, 0.1) is 0 Å². The SMILES string of the molecule is CC[C@H](NC(C)C)C(=O)NC(CC(F)F)C(=O)C(=O)O. The van der Waals surface area contributed by atoms with Crippen molar-refractivity contribution in [3.63, 3.8) is 0 Å². The van der Waals surface area contributed by atoms with Crippen molar-refractivity contribution in [2.24, 2.45) is 0 Å². The number of Topliss-reactive ketones (excluding diaryl/α,β-unsaturated/α-hetero) is 1. The largest absolute Gasteiger partial charge is 0.475 e. The van der Waals surface area contributed by atoms with Gasteiger partial charge in [-0.25, -0.2) is 13.6 Å². The van der Waals surface area contributed by atoms with Gasteiger partial charge >= 0.3 is 5.97 Å². The number of carbonyl (C=O) groups excluding carboxylic acids is 2. The van der Waals surface area contributed by atoms with Gasteiger partial charge < -0.3 is 15.7 Å². The maximum atomic E-state index is 12.3. The molecule has 116 valence electrons. The lowest BCUT2D eigenvalue weighted by molar-refractivity contribution is -0.151. The highest BCUT2D eigenvalue weighted by Crippen LogP contribution is 2.06. The van der Waals surface area contributed by atoms with Crippen molar-refractivity contribution in [2.75, 3.05) is 0 Å². The molecule has 0 aromatic rings. The summed E-state index contributed by atoms with van der Waals surface area (Å²) in [6.07, 6.45) is -3.52. The first kappa shape index (κ1) is 18.4. The molecule has 2 atom stereocenters. The Balaban J connectivity index is 4.82. The number of carboxylic acids is 1. The summed E-state index contributed by atoms with van der Waals surface area (Å²) < 4.78 is 24.7. The van der Waals surface area contributed by atoms with Gasteiger partial charge in [0.1, 0.15) is 6.04 Å². The van der Waals surface area contributed by atoms with Crippen LogP contribution in [0.5, 0.6) is 0 Å². The zero-order valence-electron chi connectivity index (χ0n) is 11.7. The lowest BCUT2D eigenvalue weighted by Crippen LogP contribution is -2.53. The van der Waals surface area contributed by atoms with Gasteiger partial charge in [0, 0.05) is 12.5 Å². The fourth-order valence-electron chi connectivity index (χ4n) is 1.61. The summed E-state index contributed by atoms with van der Waals surface area (Å²) in [7, 11) is 0. The highest BCUT2D eigenvalue weighted by Gasteiger charge is 2.31. The predicted molar refractivity (Wildman–Crippen MR) is 67.5 cm³/mol. The van der Waals surface area contributed by atoms with E-state index in [4.69, 9.17) is 5.11 Å². The highest BCUT2D eigenvalue weighted by molar-refractivity contribution is 6.35. The van der Waals surface area contributed by atoms with Gasteiger partial charge in [-0.3, -0.25) is 9.59 Å². The fraction of sp³-hybridized carbons (Fsp3) is 0.750. The van der Waals surface area contributed by atoms with Crippen LogP contribution in [0.1, 0.15) is 33.6 Å². The van der Waals surface area contributed by atoms with Crippen molar-refractivity contribution >= 4 is 17.7 Å². The van der Waals surface area contributed by atoms with Gasteiger partial charge in [-0.15, -0.1) is 0 Å². The van der Waals surface area contributed by atoms with Crippen LogP contribution in [0.4, 0.5) is 8.78 Å². The van der Waals surface area contributed by atoms with E-state index in [1.54, 1.807) is 20.8 Å². The Bertz CT molecular complexity index is 361. The molecule has 0 saturated carbocycles. The first-order chi connectivity index (χ1) is 9.18. The zero-order chi connectivity index (χ0) is 15.9. The molecule has 1 unspecified atom stereocenters. The predicted octanol–water partition coefficient (Wildman–Crippen LogP) is 0.557. The number of alkyl halides is 2.